The largest absolute Gasteiger partial charge is 0.481 e. The van der Waals surface area contributed by atoms with Crippen molar-refractivity contribution >= 4 is 22.7 Å². The molecule has 1 aliphatic rings. The Kier molecular flexibility index (Phi) is 6.12. The number of carbonyl (C=O) groups is 2. The van der Waals surface area contributed by atoms with E-state index < -0.39 is 12.0 Å². The van der Waals surface area contributed by atoms with Gasteiger partial charge in [-0.1, -0.05) is 24.3 Å². The molecule has 0 radical (unpaired) electrons. The summed E-state index contributed by atoms with van der Waals surface area (Å²) in [5.74, 6) is 0.0980. The van der Waals surface area contributed by atoms with Crippen molar-refractivity contribution in [2.45, 2.75) is 45.6 Å². The van der Waals surface area contributed by atoms with Crippen LogP contribution in [0.4, 0.5) is 0 Å². The van der Waals surface area contributed by atoms with Crippen molar-refractivity contribution in [2.75, 3.05) is 13.1 Å². The number of piperidine rings is 1. The molecule has 1 fully saturated rings. The fourth-order valence-electron chi connectivity index (χ4n) is 4.55. The number of fused-ring (bicyclic) bond motifs is 1. The molecule has 1 saturated heterocycles. The van der Waals surface area contributed by atoms with Crippen molar-refractivity contribution in [3.8, 4) is 5.75 Å². The summed E-state index contributed by atoms with van der Waals surface area (Å²) in [6, 6.07) is 15.4. The lowest BCUT2D eigenvalue weighted by molar-refractivity contribution is -0.139. The first-order chi connectivity index (χ1) is 15.3. The van der Waals surface area contributed by atoms with Crippen LogP contribution in [0.1, 0.15) is 52.9 Å². The predicted octanol–water partition coefficient (Wildman–Crippen LogP) is 4.12. The third-order valence-corrected chi connectivity index (χ3v) is 5.99. The lowest BCUT2D eigenvalue weighted by atomic mass is 9.90. The number of rotatable bonds is 5. The molecule has 4 rings (SSSR count). The number of nitrogens with two attached hydrogens (primary N) is 1. The number of aryl methyl sites for hydroxylation is 2. The molecule has 2 amide bonds. The summed E-state index contributed by atoms with van der Waals surface area (Å²) in [5.41, 5.74) is 9.81. The number of pyridine rings is 1. The van der Waals surface area contributed by atoms with Gasteiger partial charge in [0.05, 0.1) is 16.8 Å². The molecule has 32 heavy (non-hydrogen) atoms. The molecule has 2 aromatic carbocycles. The van der Waals surface area contributed by atoms with Crippen molar-refractivity contribution in [3.63, 3.8) is 0 Å². The molecule has 2 unspecified atom stereocenters. The maximum Gasteiger partial charge on any atom is 0.263 e. The number of hydrogen-bond acceptors (Lipinski definition) is 4. The number of carbonyl (C=O) groups excluding carboxylic acids is 2. The SMILES string of the molecule is Cc1cc(C)cc(OC(C)C(=O)N2CCCC(c3nc4ccccc4cc3C(N)=O)C2)c1. The summed E-state index contributed by atoms with van der Waals surface area (Å²) in [4.78, 5) is 31.9. The molecule has 1 aliphatic heterocycles. The highest BCUT2D eigenvalue weighted by Crippen LogP contribution is 2.30. The van der Waals surface area contributed by atoms with Gasteiger partial charge in [-0.2, -0.15) is 0 Å². The Morgan fingerprint density at radius 1 is 1.12 bits per heavy atom. The monoisotopic (exact) mass is 431 g/mol. The van der Waals surface area contributed by atoms with Gasteiger partial charge in [-0.05, 0) is 69.0 Å². The molecule has 2 N–H and O–H groups in total. The number of para-hydroxylation sites is 1. The summed E-state index contributed by atoms with van der Waals surface area (Å²) in [6.07, 6.45) is 1.08. The third-order valence-electron chi connectivity index (χ3n) is 5.99. The van der Waals surface area contributed by atoms with Crippen LogP contribution in [0.5, 0.6) is 5.75 Å². The fourth-order valence-corrected chi connectivity index (χ4v) is 4.55. The van der Waals surface area contributed by atoms with E-state index >= 15 is 0 Å². The van der Waals surface area contributed by atoms with Gasteiger partial charge in [-0.25, -0.2) is 0 Å². The summed E-state index contributed by atoms with van der Waals surface area (Å²) in [5, 5.41) is 0.879. The Hall–Kier alpha value is -3.41. The molecule has 0 spiro atoms. The van der Waals surface area contributed by atoms with E-state index in [1.807, 2.05) is 61.2 Å². The average molecular weight is 432 g/mol. The normalized spacial score (nSPS) is 17.2. The van der Waals surface area contributed by atoms with Crippen molar-refractivity contribution in [3.05, 3.63) is 70.9 Å². The van der Waals surface area contributed by atoms with E-state index in [0.29, 0.717) is 30.1 Å². The Morgan fingerprint density at radius 3 is 2.56 bits per heavy atom. The van der Waals surface area contributed by atoms with Crippen LogP contribution in [0.2, 0.25) is 0 Å². The van der Waals surface area contributed by atoms with E-state index in [2.05, 4.69) is 6.07 Å². The topological polar surface area (TPSA) is 85.5 Å². The quantitative estimate of drug-likeness (QED) is 0.658. The number of primary amides is 1. The van der Waals surface area contributed by atoms with E-state index in [1.54, 1.807) is 6.92 Å². The minimum Gasteiger partial charge on any atom is -0.481 e. The molecule has 0 aliphatic carbocycles. The van der Waals surface area contributed by atoms with E-state index in [4.69, 9.17) is 15.5 Å². The summed E-state index contributed by atoms with van der Waals surface area (Å²) >= 11 is 0. The zero-order chi connectivity index (χ0) is 22.8. The van der Waals surface area contributed by atoms with Crippen molar-refractivity contribution < 1.29 is 14.3 Å². The Bertz CT molecular complexity index is 1150. The summed E-state index contributed by atoms with van der Waals surface area (Å²) < 4.78 is 5.97. The number of nitrogens with zero attached hydrogens (tertiary/aromatic N) is 2. The standard InChI is InChI=1S/C26H29N3O3/c1-16-11-17(2)13-21(12-16)32-18(3)26(31)29-10-6-8-20(15-29)24-22(25(27)30)14-19-7-4-5-9-23(19)28-24/h4-5,7,9,11-14,18,20H,6,8,10,15H2,1-3H3,(H2,27,30). The molecule has 6 heteroatoms. The number of likely N-dealkylation sites (tertiary alicyclic amines) is 1. The Labute approximate surface area is 188 Å². The van der Waals surface area contributed by atoms with Crippen LogP contribution in [0.25, 0.3) is 10.9 Å². The average Bonchev–Trinajstić information content (AvgIpc) is 2.77. The molecule has 3 aromatic rings. The van der Waals surface area contributed by atoms with E-state index in [-0.39, 0.29) is 11.8 Å². The second-order valence-corrected chi connectivity index (χ2v) is 8.69. The molecular weight excluding hydrogens is 402 g/mol. The summed E-state index contributed by atoms with van der Waals surface area (Å²) in [7, 11) is 0. The lowest BCUT2D eigenvalue weighted by Gasteiger charge is -2.34. The van der Waals surface area contributed by atoms with Crippen LogP contribution >= 0.6 is 0 Å². The number of hydrogen-bond donors (Lipinski definition) is 1. The number of aromatic nitrogens is 1. The minimum atomic E-state index is -0.602. The molecule has 6 nitrogen and oxygen atoms in total. The first-order valence-corrected chi connectivity index (χ1v) is 11.0. The van der Waals surface area contributed by atoms with Gasteiger partial charge in [0.2, 0.25) is 0 Å². The first-order valence-electron chi connectivity index (χ1n) is 11.0. The van der Waals surface area contributed by atoms with E-state index in [0.717, 1.165) is 34.9 Å². The molecule has 0 saturated carbocycles. The van der Waals surface area contributed by atoms with E-state index in [1.165, 1.54) is 0 Å². The third kappa shape index (κ3) is 4.59. The highest BCUT2D eigenvalue weighted by atomic mass is 16.5. The Balaban J connectivity index is 1.54. The smallest absolute Gasteiger partial charge is 0.263 e. The van der Waals surface area contributed by atoms with Crippen molar-refractivity contribution in [2.24, 2.45) is 5.73 Å². The fraction of sp³-hybridized carbons (Fsp3) is 0.346. The van der Waals surface area contributed by atoms with Crippen molar-refractivity contribution in [1.29, 1.82) is 0 Å². The zero-order valence-electron chi connectivity index (χ0n) is 18.8. The van der Waals surface area contributed by atoms with Gasteiger partial charge in [0.1, 0.15) is 5.75 Å². The van der Waals surface area contributed by atoms with Crippen LogP contribution in [-0.2, 0) is 4.79 Å². The van der Waals surface area contributed by atoms with Gasteiger partial charge >= 0.3 is 0 Å². The van der Waals surface area contributed by atoms with Gasteiger partial charge in [-0.3, -0.25) is 14.6 Å². The molecule has 2 heterocycles. The van der Waals surface area contributed by atoms with Gasteiger partial charge in [-0.15, -0.1) is 0 Å². The molecule has 166 valence electrons. The molecular formula is C26H29N3O3. The van der Waals surface area contributed by atoms with Gasteiger partial charge in [0.15, 0.2) is 6.10 Å². The first kappa shape index (κ1) is 21.8. The summed E-state index contributed by atoms with van der Waals surface area (Å²) in [6.45, 7) is 6.95. The van der Waals surface area contributed by atoms with Crippen LogP contribution < -0.4 is 10.5 Å². The number of amides is 2. The molecule has 2 atom stereocenters. The van der Waals surface area contributed by atoms with E-state index in [9.17, 15) is 9.59 Å². The highest BCUT2D eigenvalue weighted by molar-refractivity contribution is 5.97. The second kappa shape index (κ2) is 8.99. The molecule has 1 aromatic heterocycles. The predicted molar refractivity (Wildman–Crippen MR) is 125 cm³/mol. The maximum absolute atomic E-state index is 13.2. The minimum absolute atomic E-state index is 0.0479. The Morgan fingerprint density at radius 2 is 1.84 bits per heavy atom. The molecule has 0 bridgehead atoms. The van der Waals surface area contributed by atoms with Crippen LogP contribution in [-0.4, -0.2) is 40.9 Å². The van der Waals surface area contributed by atoms with Crippen LogP contribution in [0.15, 0.2) is 48.5 Å². The second-order valence-electron chi connectivity index (χ2n) is 8.69. The van der Waals surface area contributed by atoms with Crippen LogP contribution in [0.3, 0.4) is 0 Å². The van der Waals surface area contributed by atoms with Crippen molar-refractivity contribution in [1.82, 2.24) is 9.88 Å². The van der Waals surface area contributed by atoms with Gasteiger partial charge < -0.3 is 15.4 Å². The van der Waals surface area contributed by atoms with Gasteiger partial charge in [0, 0.05) is 24.4 Å². The number of benzene rings is 2. The van der Waals surface area contributed by atoms with Gasteiger partial charge in [0.25, 0.3) is 11.8 Å². The zero-order valence-corrected chi connectivity index (χ0v) is 18.8. The number of ether oxygens (including phenoxy) is 1. The van der Waals surface area contributed by atoms with Crippen LogP contribution in [0, 0.1) is 13.8 Å². The maximum atomic E-state index is 13.2. The highest BCUT2D eigenvalue weighted by Gasteiger charge is 2.31. The lowest BCUT2D eigenvalue weighted by Crippen LogP contribution is -2.45.